The van der Waals surface area contributed by atoms with Gasteiger partial charge in [-0.25, -0.2) is 0 Å². The minimum absolute atomic E-state index is 0.176. The Labute approximate surface area is 113 Å². The molecule has 0 aromatic carbocycles. The number of piperidine rings is 1. The number of ether oxygens (including phenoxy) is 1. The maximum absolute atomic E-state index is 12.6. The molecule has 2 rings (SSSR count). The third-order valence-corrected chi connectivity index (χ3v) is 5.10. The molecule has 0 radical (unpaired) electrons. The lowest BCUT2D eigenvalue weighted by molar-refractivity contribution is -0.172. The Morgan fingerprint density at radius 2 is 2.00 bits per heavy atom. The lowest BCUT2D eigenvalue weighted by Gasteiger charge is -2.47. The second-order valence-electron chi connectivity index (χ2n) is 6.18. The minimum atomic E-state index is -0.557. The van der Waals surface area contributed by atoms with Gasteiger partial charge in [-0.2, -0.15) is 0 Å². The first-order chi connectivity index (χ1) is 8.75. The van der Waals surface area contributed by atoms with E-state index in [1.165, 1.54) is 0 Å². The Morgan fingerprint density at radius 3 is 2.58 bits per heavy atom. The molecule has 1 aliphatic heterocycles. The van der Waals surface area contributed by atoms with Crippen LogP contribution >= 0.6 is 0 Å². The average molecular weight is 267 g/mol. The van der Waals surface area contributed by atoms with Crippen molar-refractivity contribution in [3.63, 3.8) is 0 Å². The first kappa shape index (κ1) is 14.0. The third-order valence-electron chi connectivity index (χ3n) is 5.10. The molecule has 1 heterocycles. The van der Waals surface area contributed by atoms with Gasteiger partial charge in [-0.15, -0.1) is 0 Å². The van der Waals surface area contributed by atoms with E-state index in [1.807, 2.05) is 20.8 Å². The van der Waals surface area contributed by atoms with E-state index in [0.29, 0.717) is 12.8 Å². The quantitative estimate of drug-likeness (QED) is 0.572. The van der Waals surface area contributed by atoms with Crippen LogP contribution < -0.4 is 0 Å². The Bertz CT molecular complexity index is 443. The fourth-order valence-corrected chi connectivity index (χ4v) is 3.39. The average Bonchev–Trinajstić information content (AvgIpc) is 2.51. The molecule has 0 aromatic rings. The molecule has 0 aromatic heterocycles. The molecule has 0 spiro atoms. The molecular formula is C14H21NO4. The van der Waals surface area contributed by atoms with Crippen LogP contribution in [0.3, 0.4) is 0 Å². The molecule has 2 fully saturated rings. The summed E-state index contributed by atoms with van der Waals surface area (Å²) in [6, 6.07) is 0. The summed E-state index contributed by atoms with van der Waals surface area (Å²) in [7, 11) is 0. The number of carbonyl (C=O) groups is 3. The van der Waals surface area contributed by atoms with Gasteiger partial charge in [0.25, 0.3) is 0 Å². The summed E-state index contributed by atoms with van der Waals surface area (Å²) < 4.78 is 4.83. The second-order valence-corrected chi connectivity index (χ2v) is 6.18. The van der Waals surface area contributed by atoms with Gasteiger partial charge in [-0.3, -0.25) is 19.3 Å². The van der Waals surface area contributed by atoms with E-state index in [-0.39, 0.29) is 36.3 Å². The largest absolute Gasteiger partial charge is 0.465 e. The fourth-order valence-electron chi connectivity index (χ4n) is 3.39. The van der Waals surface area contributed by atoms with Crippen LogP contribution in [0.4, 0.5) is 0 Å². The van der Waals surface area contributed by atoms with Gasteiger partial charge in [0.1, 0.15) is 6.54 Å². The van der Waals surface area contributed by atoms with Crippen LogP contribution in [0.15, 0.2) is 0 Å². The SMILES string of the molecule is CCOC(=O)CN1C(=O)[C@@H]2CC[C@@](C)(C1=O)C2(C)C. The zero-order chi connectivity index (χ0) is 14.4. The molecule has 2 atom stereocenters. The van der Waals surface area contributed by atoms with Gasteiger partial charge in [-0.05, 0) is 25.2 Å². The van der Waals surface area contributed by atoms with Gasteiger partial charge < -0.3 is 4.74 Å². The van der Waals surface area contributed by atoms with Crippen LogP contribution in [0.2, 0.25) is 0 Å². The number of amides is 2. The first-order valence-corrected chi connectivity index (χ1v) is 6.77. The number of imide groups is 1. The molecule has 106 valence electrons. The maximum Gasteiger partial charge on any atom is 0.326 e. The van der Waals surface area contributed by atoms with Crippen LogP contribution in [-0.4, -0.2) is 35.8 Å². The number of likely N-dealkylation sites (tertiary alicyclic amines) is 1. The summed E-state index contributed by atoms with van der Waals surface area (Å²) in [6.07, 6.45) is 1.42. The molecule has 5 nitrogen and oxygen atoms in total. The van der Waals surface area contributed by atoms with E-state index < -0.39 is 11.4 Å². The van der Waals surface area contributed by atoms with Crippen molar-refractivity contribution in [1.82, 2.24) is 4.90 Å². The second kappa shape index (κ2) is 4.32. The topological polar surface area (TPSA) is 63.7 Å². The van der Waals surface area contributed by atoms with Crippen molar-refractivity contribution >= 4 is 17.8 Å². The highest BCUT2D eigenvalue weighted by molar-refractivity contribution is 6.05. The summed E-state index contributed by atoms with van der Waals surface area (Å²) in [6.45, 7) is 7.55. The number of nitrogens with zero attached hydrogens (tertiary/aromatic N) is 1. The van der Waals surface area contributed by atoms with Gasteiger partial charge in [0.2, 0.25) is 11.8 Å². The highest BCUT2D eigenvalue weighted by Gasteiger charge is 2.64. The van der Waals surface area contributed by atoms with E-state index in [4.69, 9.17) is 4.74 Å². The summed E-state index contributed by atoms with van der Waals surface area (Å²) >= 11 is 0. The van der Waals surface area contributed by atoms with Crippen LogP contribution in [0.5, 0.6) is 0 Å². The highest BCUT2D eigenvalue weighted by atomic mass is 16.5. The monoisotopic (exact) mass is 267 g/mol. The van der Waals surface area contributed by atoms with E-state index in [9.17, 15) is 14.4 Å². The van der Waals surface area contributed by atoms with Crippen molar-refractivity contribution in [2.24, 2.45) is 16.7 Å². The van der Waals surface area contributed by atoms with Crippen molar-refractivity contribution in [3.8, 4) is 0 Å². The number of rotatable bonds is 3. The van der Waals surface area contributed by atoms with E-state index in [1.54, 1.807) is 6.92 Å². The van der Waals surface area contributed by atoms with Gasteiger partial charge >= 0.3 is 5.97 Å². The van der Waals surface area contributed by atoms with E-state index >= 15 is 0 Å². The summed E-state index contributed by atoms with van der Waals surface area (Å²) in [5.41, 5.74) is -0.898. The van der Waals surface area contributed by atoms with E-state index in [0.717, 1.165) is 4.90 Å². The van der Waals surface area contributed by atoms with Gasteiger partial charge in [0.15, 0.2) is 0 Å². The lowest BCUT2D eigenvalue weighted by atomic mass is 9.62. The molecule has 2 amide bonds. The molecule has 2 bridgehead atoms. The predicted molar refractivity (Wildman–Crippen MR) is 68.0 cm³/mol. The third kappa shape index (κ3) is 1.78. The van der Waals surface area contributed by atoms with Crippen LogP contribution in [0, 0.1) is 16.7 Å². The van der Waals surface area contributed by atoms with Crippen molar-refractivity contribution < 1.29 is 19.1 Å². The number of esters is 1. The lowest BCUT2D eigenvalue weighted by Crippen LogP contribution is -2.60. The zero-order valence-electron chi connectivity index (χ0n) is 12.0. The minimum Gasteiger partial charge on any atom is -0.465 e. The summed E-state index contributed by atoms with van der Waals surface area (Å²) in [4.78, 5) is 37.6. The van der Waals surface area contributed by atoms with Gasteiger partial charge in [0, 0.05) is 5.92 Å². The van der Waals surface area contributed by atoms with Crippen LogP contribution in [0.25, 0.3) is 0 Å². The van der Waals surface area contributed by atoms with Crippen LogP contribution in [-0.2, 0) is 19.1 Å². The van der Waals surface area contributed by atoms with Crippen molar-refractivity contribution in [2.45, 2.75) is 40.5 Å². The zero-order valence-corrected chi connectivity index (χ0v) is 12.0. The number of hydrogen-bond acceptors (Lipinski definition) is 4. The molecular weight excluding hydrogens is 246 g/mol. The predicted octanol–water partition coefficient (Wildman–Crippen LogP) is 1.36. The number of fused-ring (bicyclic) bond motifs is 2. The highest BCUT2D eigenvalue weighted by Crippen LogP contribution is 2.59. The Balaban J connectivity index is 2.28. The molecule has 19 heavy (non-hydrogen) atoms. The van der Waals surface area contributed by atoms with Crippen molar-refractivity contribution in [2.75, 3.05) is 13.2 Å². The Kier molecular flexibility index (Phi) is 3.19. The van der Waals surface area contributed by atoms with E-state index in [2.05, 4.69) is 0 Å². The number of carbonyl (C=O) groups excluding carboxylic acids is 3. The molecule has 0 unspecified atom stereocenters. The molecule has 2 aliphatic rings. The molecule has 5 heteroatoms. The molecule has 1 saturated carbocycles. The first-order valence-electron chi connectivity index (χ1n) is 6.77. The summed E-state index contributed by atoms with van der Waals surface area (Å²) in [5.74, 6) is -1.15. The molecule has 0 N–H and O–H groups in total. The smallest absolute Gasteiger partial charge is 0.326 e. The molecule has 1 saturated heterocycles. The van der Waals surface area contributed by atoms with Crippen molar-refractivity contribution in [1.29, 1.82) is 0 Å². The summed E-state index contributed by atoms with van der Waals surface area (Å²) in [5, 5.41) is 0. The molecule has 1 aliphatic carbocycles. The fraction of sp³-hybridized carbons (Fsp3) is 0.786. The standard InChI is InChI=1S/C14H21NO4/c1-5-19-10(16)8-15-11(17)9-6-7-14(4,12(15)18)13(9,2)3/h9H,5-8H2,1-4H3/t9-,14-/m0/s1. The van der Waals surface area contributed by atoms with Gasteiger partial charge in [-0.1, -0.05) is 20.8 Å². The van der Waals surface area contributed by atoms with Crippen molar-refractivity contribution in [3.05, 3.63) is 0 Å². The Hall–Kier alpha value is -1.39. The number of hydrogen-bond donors (Lipinski definition) is 0. The van der Waals surface area contributed by atoms with Crippen LogP contribution in [0.1, 0.15) is 40.5 Å². The maximum atomic E-state index is 12.6. The normalized spacial score (nSPS) is 32.6. The van der Waals surface area contributed by atoms with Gasteiger partial charge in [0.05, 0.1) is 12.0 Å². The Morgan fingerprint density at radius 1 is 1.37 bits per heavy atom.